The second kappa shape index (κ2) is 5.63. The molecule has 1 saturated carbocycles. The molecule has 0 spiro atoms. The third-order valence-electron chi connectivity index (χ3n) is 2.43. The molecule has 1 N–H and O–H groups in total. The monoisotopic (exact) mass is 247 g/mol. The molecule has 0 heterocycles. The second-order valence-corrected chi connectivity index (χ2v) is 4.86. The first kappa shape index (κ1) is 11.0. The Labute approximate surface area is 88.6 Å². The van der Waals surface area contributed by atoms with Gasteiger partial charge in [0.2, 0.25) is 5.91 Å². The highest BCUT2D eigenvalue weighted by Gasteiger charge is 2.20. The van der Waals surface area contributed by atoms with Gasteiger partial charge in [-0.25, -0.2) is 0 Å². The van der Waals surface area contributed by atoms with Crippen LogP contribution in [0.2, 0.25) is 0 Å². The first-order valence-electron chi connectivity index (χ1n) is 5.15. The molecule has 3 heteroatoms. The summed E-state index contributed by atoms with van der Waals surface area (Å²) in [5.74, 6) is 1.11. The van der Waals surface area contributed by atoms with Gasteiger partial charge in [0.15, 0.2) is 0 Å². The number of hydrogen-bond acceptors (Lipinski definition) is 1. The third kappa shape index (κ3) is 4.65. The normalized spacial score (nSPS) is 18.3. The van der Waals surface area contributed by atoms with Crippen LogP contribution in [0.15, 0.2) is 0 Å². The van der Waals surface area contributed by atoms with Crippen LogP contribution in [0.25, 0.3) is 0 Å². The van der Waals surface area contributed by atoms with E-state index in [1.807, 2.05) is 6.92 Å². The van der Waals surface area contributed by atoms with Crippen LogP contribution in [0.5, 0.6) is 0 Å². The van der Waals surface area contributed by atoms with Crippen LogP contribution in [0, 0.1) is 5.92 Å². The van der Waals surface area contributed by atoms with Gasteiger partial charge in [-0.05, 0) is 25.2 Å². The number of carbonyl (C=O) groups is 1. The van der Waals surface area contributed by atoms with Gasteiger partial charge >= 0.3 is 0 Å². The molecule has 1 aliphatic rings. The third-order valence-corrected chi connectivity index (χ3v) is 3.49. The van der Waals surface area contributed by atoms with E-state index in [2.05, 4.69) is 21.2 Å². The van der Waals surface area contributed by atoms with Crippen LogP contribution in [0.1, 0.15) is 39.0 Å². The summed E-state index contributed by atoms with van der Waals surface area (Å²) in [6.45, 7) is 2.85. The fourth-order valence-electron chi connectivity index (χ4n) is 1.30. The lowest BCUT2D eigenvalue weighted by Crippen LogP contribution is -2.31. The zero-order chi connectivity index (χ0) is 9.68. The quantitative estimate of drug-likeness (QED) is 0.567. The minimum absolute atomic E-state index is 0.00609. The van der Waals surface area contributed by atoms with E-state index in [1.54, 1.807) is 0 Å². The minimum Gasteiger partial charge on any atom is -0.355 e. The Hall–Kier alpha value is -0.0500. The summed E-state index contributed by atoms with van der Waals surface area (Å²) in [5.41, 5.74) is 0. The zero-order valence-corrected chi connectivity index (χ0v) is 9.77. The average Bonchev–Trinajstić information content (AvgIpc) is 2.94. The van der Waals surface area contributed by atoms with Gasteiger partial charge in [-0.3, -0.25) is 4.79 Å². The van der Waals surface area contributed by atoms with Crippen LogP contribution in [0.3, 0.4) is 0 Å². The Morgan fingerprint density at radius 1 is 1.62 bits per heavy atom. The topological polar surface area (TPSA) is 29.1 Å². The first-order valence-corrected chi connectivity index (χ1v) is 6.07. The summed E-state index contributed by atoms with van der Waals surface area (Å²) in [5, 5.41) is 2.93. The number of rotatable bonds is 6. The van der Waals surface area contributed by atoms with E-state index in [-0.39, 0.29) is 10.7 Å². The number of hydrogen-bond donors (Lipinski definition) is 1. The lowest BCUT2D eigenvalue weighted by molar-refractivity contribution is -0.120. The maximum absolute atomic E-state index is 11.3. The standard InChI is InChI=1S/C10H18BrNO/c1-2-9(11)10(13)12-7-3-4-8-5-6-8/h8-9H,2-7H2,1H3,(H,12,13). The van der Waals surface area contributed by atoms with Gasteiger partial charge in [-0.15, -0.1) is 0 Å². The molecule has 0 aliphatic heterocycles. The molecule has 0 aromatic rings. The summed E-state index contributed by atoms with van der Waals surface area (Å²) in [6, 6.07) is 0. The highest BCUT2D eigenvalue weighted by Crippen LogP contribution is 2.33. The molecule has 0 aromatic carbocycles. The summed E-state index contributed by atoms with van der Waals surface area (Å²) in [7, 11) is 0. The molecule has 2 nitrogen and oxygen atoms in total. The van der Waals surface area contributed by atoms with E-state index >= 15 is 0 Å². The van der Waals surface area contributed by atoms with Crippen LogP contribution >= 0.6 is 15.9 Å². The van der Waals surface area contributed by atoms with E-state index in [0.717, 1.165) is 25.3 Å². The highest BCUT2D eigenvalue weighted by atomic mass is 79.9. The fourth-order valence-corrected chi connectivity index (χ4v) is 1.47. The maximum atomic E-state index is 11.3. The summed E-state index contributed by atoms with van der Waals surface area (Å²) >= 11 is 3.32. The van der Waals surface area contributed by atoms with Crippen molar-refractivity contribution in [1.29, 1.82) is 0 Å². The van der Waals surface area contributed by atoms with Gasteiger partial charge in [0.05, 0.1) is 4.83 Å². The van der Waals surface area contributed by atoms with E-state index in [1.165, 1.54) is 19.3 Å². The fraction of sp³-hybridized carbons (Fsp3) is 0.900. The molecule has 0 saturated heterocycles. The number of halogens is 1. The van der Waals surface area contributed by atoms with Crippen molar-refractivity contribution in [2.24, 2.45) is 5.92 Å². The highest BCUT2D eigenvalue weighted by molar-refractivity contribution is 9.10. The summed E-state index contributed by atoms with van der Waals surface area (Å²) in [4.78, 5) is 11.3. The molecule has 1 aliphatic carbocycles. The minimum atomic E-state index is -0.00609. The molecule has 1 unspecified atom stereocenters. The van der Waals surface area contributed by atoms with Crippen molar-refractivity contribution in [3.63, 3.8) is 0 Å². The molecule has 13 heavy (non-hydrogen) atoms. The lowest BCUT2D eigenvalue weighted by atomic mass is 10.2. The molecule has 0 bridgehead atoms. The largest absolute Gasteiger partial charge is 0.355 e. The molecular formula is C10H18BrNO. The van der Waals surface area contributed by atoms with E-state index < -0.39 is 0 Å². The number of amides is 1. The van der Waals surface area contributed by atoms with Crippen molar-refractivity contribution >= 4 is 21.8 Å². The maximum Gasteiger partial charge on any atom is 0.233 e. The number of alkyl halides is 1. The van der Waals surface area contributed by atoms with Crippen LogP contribution in [0.4, 0.5) is 0 Å². The zero-order valence-electron chi connectivity index (χ0n) is 8.18. The molecule has 1 atom stereocenters. The Bertz CT molecular complexity index is 168. The first-order chi connectivity index (χ1) is 6.24. The van der Waals surface area contributed by atoms with Gasteiger partial charge in [0.1, 0.15) is 0 Å². The molecule has 1 amide bonds. The number of carbonyl (C=O) groups excluding carboxylic acids is 1. The van der Waals surface area contributed by atoms with Crippen LogP contribution < -0.4 is 5.32 Å². The predicted octanol–water partition coefficient (Wildman–Crippen LogP) is 2.47. The average molecular weight is 248 g/mol. The van der Waals surface area contributed by atoms with Crippen LogP contribution in [-0.2, 0) is 4.79 Å². The Morgan fingerprint density at radius 3 is 2.85 bits per heavy atom. The molecule has 76 valence electrons. The van der Waals surface area contributed by atoms with E-state index in [9.17, 15) is 4.79 Å². The Kier molecular flexibility index (Phi) is 4.78. The number of nitrogens with one attached hydrogen (secondary N) is 1. The van der Waals surface area contributed by atoms with Crippen molar-refractivity contribution < 1.29 is 4.79 Å². The van der Waals surface area contributed by atoms with E-state index in [4.69, 9.17) is 0 Å². The van der Waals surface area contributed by atoms with Crippen molar-refractivity contribution in [2.45, 2.75) is 43.9 Å². The SMILES string of the molecule is CCC(Br)C(=O)NCCCC1CC1. The summed E-state index contributed by atoms with van der Waals surface area (Å²) < 4.78 is 0. The van der Waals surface area contributed by atoms with Gasteiger partial charge in [0, 0.05) is 6.54 Å². The molecule has 0 aromatic heterocycles. The van der Waals surface area contributed by atoms with Crippen molar-refractivity contribution in [3.8, 4) is 0 Å². The second-order valence-electron chi connectivity index (χ2n) is 3.75. The van der Waals surface area contributed by atoms with Crippen molar-refractivity contribution in [3.05, 3.63) is 0 Å². The Morgan fingerprint density at radius 2 is 2.31 bits per heavy atom. The lowest BCUT2D eigenvalue weighted by Gasteiger charge is -2.07. The molecule has 1 rings (SSSR count). The van der Waals surface area contributed by atoms with Gasteiger partial charge in [-0.1, -0.05) is 35.7 Å². The van der Waals surface area contributed by atoms with Crippen molar-refractivity contribution in [2.75, 3.05) is 6.54 Å². The van der Waals surface area contributed by atoms with E-state index in [0.29, 0.717) is 0 Å². The predicted molar refractivity (Wildman–Crippen MR) is 58.0 cm³/mol. The smallest absolute Gasteiger partial charge is 0.233 e. The molecular weight excluding hydrogens is 230 g/mol. The summed E-state index contributed by atoms with van der Waals surface area (Å²) in [6.07, 6.45) is 6.10. The van der Waals surface area contributed by atoms with Gasteiger partial charge in [0.25, 0.3) is 0 Å². The van der Waals surface area contributed by atoms with Gasteiger partial charge in [-0.2, -0.15) is 0 Å². The molecule has 1 fully saturated rings. The van der Waals surface area contributed by atoms with Crippen molar-refractivity contribution in [1.82, 2.24) is 5.32 Å². The molecule has 0 radical (unpaired) electrons. The van der Waals surface area contributed by atoms with Gasteiger partial charge < -0.3 is 5.32 Å². The Balaban J connectivity index is 1.94. The van der Waals surface area contributed by atoms with Crippen LogP contribution in [-0.4, -0.2) is 17.3 Å².